The number of allylic oxidation sites excluding steroid dienone is 3. The van der Waals surface area contributed by atoms with Crippen molar-refractivity contribution in [2.24, 2.45) is 0 Å². The molecule has 4 nitrogen and oxygen atoms in total. The highest BCUT2D eigenvalue weighted by molar-refractivity contribution is 5.84. The molecule has 1 atom stereocenters. The summed E-state index contributed by atoms with van der Waals surface area (Å²) < 4.78 is 10.9. The Morgan fingerprint density at radius 2 is 2.13 bits per heavy atom. The van der Waals surface area contributed by atoms with E-state index in [1.54, 1.807) is 6.92 Å². The van der Waals surface area contributed by atoms with Crippen LogP contribution in [0.15, 0.2) is 64.8 Å². The van der Waals surface area contributed by atoms with E-state index in [0.29, 0.717) is 18.3 Å². The van der Waals surface area contributed by atoms with Gasteiger partial charge in [0.2, 0.25) is 5.76 Å². The van der Waals surface area contributed by atoms with E-state index in [1.807, 2.05) is 24.3 Å². The normalized spacial score (nSPS) is 16.9. The molecular formula is C19H18O4. The number of furan rings is 1. The standard InChI is InChI=1S/C19H18O4/c1-13-16(11-18(23-13)19(20)21)12-22-17-9-7-15(8-10-17)14-5-3-2-4-6-14/h2-7,9-11,15H,8,12H2,1H3,(H,20,21). The number of carbonyl (C=O) groups is 1. The van der Waals surface area contributed by atoms with Crippen molar-refractivity contribution in [3.05, 3.63) is 83.0 Å². The Bertz CT molecular complexity index is 753. The van der Waals surface area contributed by atoms with Crippen LogP contribution in [0.5, 0.6) is 0 Å². The van der Waals surface area contributed by atoms with Gasteiger partial charge >= 0.3 is 5.97 Å². The summed E-state index contributed by atoms with van der Waals surface area (Å²) in [6, 6.07) is 11.9. The highest BCUT2D eigenvalue weighted by atomic mass is 16.5. The quantitative estimate of drug-likeness (QED) is 0.887. The molecule has 0 bridgehead atoms. The van der Waals surface area contributed by atoms with Gasteiger partial charge in [-0.15, -0.1) is 0 Å². The van der Waals surface area contributed by atoms with E-state index in [0.717, 1.165) is 17.7 Å². The molecule has 2 aromatic rings. The van der Waals surface area contributed by atoms with Crippen molar-refractivity contribution in [3.8, 4) is 0 Å². The minimum absolute atomic E-state index is 0.0570. The number of aromatic carboxylic acids is 1. The number of aryl methyl sites for hydroxylation is 1. The van der Waals surface area contributed by atoms with Crippen LogP contribution >= 0.6 is 0 Å². The molecule has 1 heterocycles. The number of hydrogen-bond donors (Lipinski definition) is 1. The fourth-order valence-electron chi connectivity index (χ4n) is 2.58. The average molecular weight is 310 g/mol. The van der Waals surface area contributed by atoms with Crippen molar-refractivity contribution in [1.82, 2.24) is 0 Å². The third kappa shape index (κ3) is 3.54. The Labute approximate surface area is 134 Å². The second-order valence-electron chi connectivity index (χ2n) is 5.50. The second kappa shape index (κ2) is 6.57. The SMILES string of the molecule is Cc1oc(C(=O)O)cc1COC1=CCC(c2ccccc2)C=C1. The number of ether oxygens (including phenoxy) is 1. The third-order valence-electron chi connectivity index (χ3n) is 3.92. The van der Waals surface area contributed by atoms with E-state index in [-0.39, 0.29) is 5.76 Å². The zero-order valence-electron chi connectivity index (χ0n) is 12.9. The number of rotatable bonds is 5. The molecule has 1 aliphatic carbocycles. The summed E-state index contributed by atoms with van der Waals surface area (Å²) in [5.74, 6) is 0.623. The van der Waals surface area contributed by atoms with Gasteiger partial charge in [0.05, 0.1) is 0 Å². The fraction of sp³-hybridized carbons (Fsp3) is 0.211. The summed E-state index contributed by atoms with van der Waals surface area (Å²) in [6.07, 6.45) is 7.05. The molecule has 3 rings (SSSR count). The Balaban J connectivity index is 1.59. The predicted molar refractivity (Wildman–Crippen MR) is 86.2 cm³/mol. The number of carboxylic acids is 1. The first-order valence-corrected chi connectivity index (χ1v) is 7.52. The first-order valence-electron chi connectivity index (χ1n) is 7.52. The van der Waals surface area contributed by atoms with Crippen LogP contribution < -0.4 is 0 Å². The molecule has 0 aliphatic heterocycles. The maximum absolute atomic E-state index is 10.9. The average Bonchev–Trinajstić information content (AvgIpc) is 2.96. The van der Waals surface area contributed by atoms with Crippen LogP contribution in [0.25, 0.3) is 0 Å². The van der Waals surface area contributed by atoms with Gasteiger partial charge in [-0.2, -0.15) is 0 Å². The zero-order valence-corrected chi connectivity index (χ0v) is 12.9. The second-order valence-corrected chi connectivity index (χ2v) is 5.50. The third-order valence-corrected chi connectivity index (χ3v) is 3.92. The molecule has 4 heteroatoms. The number of carboxylic acid groups (broad SMARTS) is 1. The largest absolute Gasteiger partial charge is 0.489 e. The minimum Gasteiger partial charge on any atom is -0.489 e. The van der Waals surface area contributed by atoms with E-state index >= 15 is 0 Å². The van der Waals surface area contributed by atoms with Gasteiger partial charge in [0.1, 0.15) is 18.1 Å². The summed E-state index contributed by atoms with van der Waals surface area (Å²) in [4.78, 5) is 10.9. The van der Waals surface area contributed by atoms with Crippen LogP contribution in [0, 0.1) is 6.92 Å². The molecule has 23 heavy (non-hydrogen) atoms. The molecule has 0 amide bonds. The lowest BCUT2D eigenvalue weighted by Gasteiger charge is -2.17. The molecule has 0 radical (unpaired) electrons. The van der Waals surface area contributed by atoms with Gasteiger partial charge in [0.15, 0.2) is 0 Å². The van der Waals surface area contributed by atoms with Gasteiger partial charge in [-0.25, -0.2) is 4.79 Å². The van der Waals surface area contributed by atoms with Crippen molar-refractivity contribution in [2.45, 2.75) is 25.9 Å². The van der Waals surface area contributed by atoms with E-state index in [9.17, 15) is 4.79 Å². The van der Waals surface area contributed by atoms with Gasteiger partial charge in [0, 0.05) is 11.5 Å². The van der Waals surface area contributed by atoms with Crippen LogP contribution in [-0.4, -0.2) is 11.1 Å². The van der Waals surface area contributed by atoms with Crippen LogP contribution in [0.3, 0.4) is 0 Å². The van der Waals surface area contributed by atoms with E-state index in [2.05, 4.69) is 24.3 Å². The summed E-state index contributed by atoms with van der Waals surface area (Å²) >= 11 is 0. The topological polar surface area (TPSA) is 59.7 Å². The lowest BCUT2D eigenvalue weighted by atomic mass is 9.92. The predicted octanol–water partition coefficient (Wildman–Crippen LogP) is 4.43. The minimum atomic E-state index is -1.07. The number of hydrogen-bond acceptors (Lipinski definition) is 3. The summed E-state index contributed by atoms with van der Waals surface area (Å²) in [5.41, 5.74) is 2.04. The molecule has 1 aromatic heterocycles. The Hall–Kier alpha value is -2.75. The van der Waals surface area contributed by atoms with E-state index in [1.165, 1.54) is 11.6 Å². The van der Waals surface area contributed by atoms with Gasteiger partial charge in [-0.05, 0) is 37.1 Å². The van der Waals surface area contributed by atoms with Gasteiger partial charge in [-0.1, -0.05) is 36.4 Å². The highest BCUT2D eigenvalue weighted by Gasteiger charge is 2.15. The highest BCUT2D eigenvalue weighted by Crippen LogP contribution is 2.27. The van der Waals surface area contributed by atoms with Crippen molar-refractivity contribution in [2.75, 3.05) is 0 Å². The van der Waals surface area contributed by atoms with Crippen LogP contribution in [0.1, 0.15) is 39.8 Å². The molecule has 1 N–H and O–H groups in total. The van der Waals surface area contributed by atoms with Crippen molar-refractivity contribution < 1.29 is 19.1 Å². The molecule has 1 aliphatic rings. The zero-order chi connectivity index (χ0) is 16.2. The van der Waals surface area contributed by atoms with Crippen molar-refractivity contribution >= 4 is 5.97 Å². The molecule has 1 aromatic carbocycles. The fourth-order valence-corrected chi connectivity index (χ4v) is 2.58. The van der Waals surface area contributed by atoms with Crippen LogP contribution in [-0.2, 0) is 11.3 Å². The summed E-state index contributed by atoms with van der Waals surface area (Å²) in [7, 11) is 0. The van der Waals surface area contributed by atoms with E-state index < -0.39 is 5.97 Å². The van der Waals surface area contributed by atoms with Gasteiger partial charge in [-0.3, -0.25) is 0 Å². The molecule has 0 saturated carbocycles. The summed E-state index contributed by atoms with van der Waals surface area (Å²) in [5, 5.41) is 8.92. The lowest BCUT2D eigenvalue weighted by Crippen LogP contribution is -2.01. The molecular weight excluding hydrogens is 292 g/mol. The van der Waals surface area contributed by atoms with Gasteiger partial charge < -0.3 is 14.3 Å². The lowest BCUT2D eigenvalue weighted by molar-refractivity contribution is 0.0661. The molecule has 1 unspecified atom stereocenters. The van der Waals surface area contributed by atoms with Crippen LogP contribution in [0.2, 0.25) is 0 Å². The van der Waals surface area contributed by atoms with Gasteiger partial charge in [0.25, 0.3) is 0 Å². The molecule has 0 fully saturated rings. The maximum atomic E-state index is 10.9. The first-order chi connectivity index (χ1) is 11.1. The van der Waals surface area contributed by atoms with Crippen molar-refractivity contribution in [3.63, 3.8) is 0 Å². The Morgan fingerprint density at radius 3 is 2.74 bits per heavy atom. The maximum Gasteiger partial charge on any atom is 0.371 e. The molecule has 0 saturated heterocycles. The van der Waals surface area contributed by atoms with E-state index in [4.69, 9.17) is 14.3 Å². The monoisotopic (exact) mass is 310 g/mol. The Morgan fingerprint density at radius 1 is 1.35 bits per heavy atom. The number of benzene rings is 1. The Kier molecular flexibility index (Phi) is 4.33. The first kappa shape index (κ1) is 15.2. The molecule has 0 spiro atoms. The van der Waals surface area contributed by atoms with Crippen molar-refractivity contribution in [1.29, 1.82) is 0 Å². The smallest absolute Gasteiger partial charge is 0.371 e. The molecule has 118 valence electrons. The van der Waals surface area contributed by atoms with Crippen LogP contribution in [0.4, 0.5) is 0 Å². The summed E-state index contributed by atoms with van der Waals surface area (Å²) in [6.45, 7) is 2.04.